The van der Waals surface area contributed by atoms with Crippen LogP contribution in [0.2, 0.25) is 5.02 Å². The van der Waals surface area contributed by atoms with Gasteiger partial charge >= 0.3 is 0 Å². The van der Waals surface area contributed by atoms with Crippen molar-refractivity contribution in [2.24, 2.45) is 11.7 Å². The highest BCUT2D eigenvalue weighted by molar-refractivity contribution is 6.31. The molecule has 1 aromatic rings. The van der Waals surface area contributed by atoms with Crippen LogP contribution in [0.4, 0.5) is 0 Å². The molecule has 1 aromatic carbocycles. The molecule has 0 saturated heterocycles. The standard InChI is InChI=1S/C14H20ClNO/c1-2-11(16)8-12-13(15)4-3-5-14(12)17-9-10-6-7-10/h3-5,10-11H,2,6-9,16H2,1H3. The van der Waals surface area contributed by atoms with Crippen molar-refractivity contribution in [1.82, 2.24) is 0 Å². The second-order valence-corrected chi connectivity index (χ2v) is 5.25. The van der Waals surface area contributed by atoms with Gasteiger partial charge in [-0.15, -0.1) is 0 Å². The van der Waals surface area contributed by atoms with E-state index in [0.29, 0.717) is 0 Å². The number of halogens is 1. The van der Waals surface area contributed by atoms with Crippen molar-refractivity contribution in [3.05, 3.63) is 28.8 Å². The molecule has 17 heavy (non-hydrogen) atoms. The summed E-state index contributed by atoms with van der Waals surface area (Å²) >= 11 is 6.23. The molecule has 1 saturated carbocycles. The number of rotatable bonds is 6. The maximum absolute atomic E-state index is 6.23. The Bertz CT molecular complexity index is 376. The topological polar surface area (TPSA) is 35.2 Å². The molecule has 0 bridgehead atoms. The number of hydrogen-bond donors (Lipinski definition) is 1. The number of ether oxygens (including phenoxy) is 1. The van der Waals surface area contributed by atoms with Crippen LogP contribution in [-0.4, -0.2) is 12.6 Å². The molecule has 3 heteroatoms. The summed E-state index contributed by atoms with van der Waals surface area (Å²) in [7, 11) is 0. The Morgan fingerprint density at radius 3 is 2.88 bits per heavy atom. The van der Waals surface area contributed by atoms with Crippen LogP contribution in [0.1, 0.15) is 31.7 Å². The Morgan fingerprint density at radius 2 is 2.24 bits per heavy atom. The fourth-order valence-electron chi connectivity index (χ4n) is 1.77. The quantitative estimate of drug-likeness (QED) is 0.843. The summed E-state index contributed by atoms with van der Waals surface area (Å²) in [4.78, 5) is 0. The van der Waals surface area contributed by atoms with Crippen molar-refractivity contribution in [2.45, 2.75) is 38.6 Å². The molecule has 0 radical (unpaired) electrons. The molecule has 1 aliphatic carbocycles. The molecule has 0 amide bonds. The number of hydrogen-bond acceptors (Lipinski definition) is 2. The molecule has 0 heterocycles. The van der Waals surface area contributed by atoms with Gasteiger partial charge in [0.2, 0.25) is 0 Å². The molecule has 2 rings (SSSR count). The Kier molecular flexibility index (Phi) is 4.30. The van der Waals surface area contributed by atoms with E-state index in [1.807, 2.05) is 18.2 Å². The minimum atomic E-state index is 0.151. The number of benzene rings is 1. The van der Waals surface area contributed by atoms with Gasteiger partial charge in [-0.2, -0.15) is 0 Å². The highest BCUT2D eigenvalue weighted by Gasteiger charge is 2.22. The van der Waals surface area contributed by atoms with Gasteiger partial charge in [-0.1, -0.05) is 24.6 Å². The molecular formula is C14H20ClNO. The Hall–Kier alpha value is -0.730. The molecule has 94 valence electrons. The van der Waals surface area contributed by atoms with Crippen molar-refractivity contribution in [3.63, 3.8) is 0 Å². The van der Waals surface area contributed by atoms with Gasteiger partial charge in [-0.05, 0) is 43.7 Å². The third kappa shape index (κ3) is 3.62. The average Bonchev–Trinajstić information content (AvgIpc) is 3.13. The lowest BCUT2D eigenvalue weighted by atomic mass is 10.0. The third-order valence-electron chi connectivity index (χ3n) is 3.24. The molecule has 1 fully saturated rings. The Morgan fingerprint density at radius 1 is 1.47 bits per heavy atom. The largest absolute Gasteiger partial charge is 0.493 e. The summed E-state index contributed by atoms with van der Waals surface area (Å²) < 4.78 is 5.85. The maximum atomic E-state index is 6.23. The summed E-state index contributed by atoms with van der Waals surface area (Å²) in [6.45, 7) is 2.90. The minimum absolute atomic E-state index is 0.151. The lowest BCUT2D eigenvalue weighted by molar-refractivity contribution is 0.296. The van der Waals surface area contributed by atoms with Crippen molar-refractivity contribution < 1.29 is 4.74 Å². The van der Waals surface area contributed by atoms with Crippen LogP contribution >= 0.6 is 11.6 Å². The van der Waals surface area contributed by atoms with Crippen LogP contribution < -0.4 is 10.5 Å². The fourth-order valence-corrected chi connectivity index (χ4v) is 2.01. The van der Waals surface area contributed by atoms with Crippen molar-refractivity contribution in [2.75, 3.05) is 6.61 Å². The highest BCUT2D eigenvalue weighted by atomic mass is 35.5. The summed E-state index contributed by atoms with van der Waals surface area (Å²) in [5.74, 6) is 1.66. The van der Waals surface area contributed by atoms with Gasteiger partial charge in [0, 0.05) is 16.6 Å². The van der Waals surface area contributed by atoms with Gasteiger partial charge in [-0.25, -0.2) is 0 Å². The van der Waals surface area contributed by atoms with Crippen molar-refractivity contribution in [1.29, 1.82) is 0 Å². The second-order valence-electron chi connectivity index (χ2n) is 4.84. The molecule has 0 spiro atoms. The van der Waals surface area contributed by atoms with Gasteiger partial charge in [0.25, 0.3) is 0 Å². The summed E-state index contributed by atoms with van der Waals surface area (Å²) in [5.41, 5.74) is 7.06. The first-order chi connectivity index (χ1) is 8.20. The van der Waals surface area contributed by atoms with E-state index < -0.39 is 0 Å². The molecule has 2 nitrogen and oxygen atoms in total. The van der Waals surface area contributed by atoms with E-state index in [0.717, 1.165) is 41.7 Å². The third-order valence-corrected chi connectivity index (χ3v) is 3.59. The first-order valence-electron chi connectivity index (χ1n) is 6.36. The van der Waals surface area contributed by atoms with E-state index in [-0.39, 0.29) is 6.04 Å². The van der Waals surface area contributed by atoms with Crippen LogP contribution in [-0.2, 0) is 6.42 Å². The summed E-state index contributed by atoms with van der Waals surface area (Å²) in [6, 6.07) is 5.99. The SMILES string of the molecule is CCC(N)Cc1c(Cl)cccc1OCC1CC1. The summed E-state index contributed by atoms with van der Waals surface area (Å²) in [5, 5.41) is 0.766. The monoisotopic (exact) mass is 253 g/mol. The van der Waals surface area contributed by atoms with Gasteiger partial charge in [0.15, 0.2) is 0 Å². The van der Waals surface area contributed by atoms with E-state index in [1.54, 1.807) is 0 Å². The van der Waals surface area contributed by atoms with E-state index >= 15 is 0 Å². The predicted molar refractivity (Wildman–Crippen MR) is 71.6 cm³/mol. The first-order valence-corrected chi connectivity index (χ1v) is 6.74. The molecular weight excluding hydrogens is 234 g/mol. The van der Waals surface area contributed by atoms with Gasteiger partial charge in [-0.3, -0.25) is 0 Å². The van der Waals surface area contributed by atoms with Crippen molar-refractivity contribution >= 4 is 11.6 Å². The molecule has 0 aromatic heterocycles. The van der Waals surface area contributed by atoms with Crippen LogP contribution in [0, 0.1) is 5.92 Å². The van der Waals surface area contributed by atoms with Crippen LogP contribution in [0.3, 0.4) is 0 Å². The molecule has 1 atom stereocenters. The van der Waals surface area contributed by atoms with E-state index in [9.17, 15) is 0 Å². The first kappa shape index (κ1) is 12.7. The average molecular weight is 254 g/mol. The van der Waals surface area contributed by atoms with E-state index in [4.69, 9.17) is 22.1 Å². The van der Waals surface area contributed by atoms with Crippen LogP contribution in [0.15, 0.2) is 18.2 Å². The van der Waals surface area contributed by atoms with E-state index in [1.165, 1.54) is 12.8 Å². The van der Waals surface area contributed by atoms with Gasteiger partial charge in [0.05, 0.1) is 6.61 Å². The Labute approximate surface area is 108 Å². The molecule has 1 aliphatic rings. The highest BCUT2D eigenvalue weighted by Crippen LogP contribution is 2.32. The zero-order valence-electron chi connectivity index (χ0n) is 10.3. The maximum Gasteiger partial charge on any atom is 0.124 e. The zero-order valence-corrected chi connectivity index (χ0v) is 11.0. The predicted octanol–water partition coefficient (Wildman–Crippen LogP) is 3.41. The second kappa shape index (κ2) is 5.74. The van der Waals surface area contributed by atoms with Gasteiger partial charge < -0.3 is 10.5 Å². The molecule has 1 unspecified atom stereocenters. The normalized spacial score (nSPS) is 16.9. The lowest BCUT2D eigenvalue weighted by Crippen LogP contribution is -2.22. The van der Waals surface area contributed by atoms with Gasteiger partial charge in [0.1, 0.15) is 5.75 Å². The van der Waals surface area contributed by atoms with Crippen LogP contribution in [0.5, 0.6) is 5.75 Å². The van der Waals surface area contributed by atoms with Crippen LogP contribution in [0.25, 0.3) is 0 Å². The lowest BCUT2D eigenvalue weighted by Gasteiger charge is -2.15. The molecule has 0 aliphatic heterocycles. The summed E-state index contributed by atoms with van der Waals surface area (Å²) in [6.07, 6.45) is 4.33. The zero-order chi connectivity index (χ0) is 12.3. The fraction of sp³-hybridized carbons (Fsp3) is 0.571. The smallest absolute Gasteiger partial charge is 0.124 e. The van der Waals surface area contributed by atoms with E-state index in [2.05, 4.69) is 6.92 Å². The Balaban J connectivity index is 2.08. The van der Waals surface area contributed by atoms with Crippen molar-refractivity contribution in [3.8, 4) is 5.75 Å². The minimum Gasteiger partial charge on any atom is -0.493 e. The number of nitrogens with two attached hydrogens (primary N) is 1. The molecule has 2 N–H and O–H groups in total.